The first-order valence-electron chi connectivity index (χ1n) is 7.28. The third-order valence-corrected chi connectivity index (χ3v) is 5.22. The molecule has 0 aliphatic heterocycles. The molecule has 0 unspecified atom stereocenters. The molecule has 1 aromatic rings. The zero-order valence-corrected chi connectivity index (χ0v) is 13.4. The van der Waals surface area contributed by atoms with Gasteiger partial charge in [0.2, 0.25) is 0 Å². The number of carbonyl (C=O) groups excluding carboxylic acids is 1. The number of rotatable bonds is 7. The van der Waals surface area contributed by atoms with E-state index < -0.39 is 0 Å². The van der Waals surface area contributed by atoms with Gasteiger partial charge in [-0.15, -0.1) is 0 Å². The van der Waals surface area contributed by atoms with Crippen LogP contribution >= 0.6 is 11.8 Å². The normalized spacial score (nSPS) is 15.8. The van der Waals surface area contributed by atoms with E-state index in [0.717, 1.165) is 30.8 Å². The molecule has 1 fully saturated rings. The van der Waals surface area contributed by atoms with Gasteiger partial charge >= 0.3 is 0 Å². The van der Waals surface area contributed by atoms with Crippen molar-refractivity contribution in [2.24, 2.45) is 0 Å². The Labute approximate surface area is 125 Å². The first-order chi connectivity index (χ1) is 9.60. The number of amides is 1. The van der Waals surface area contributed by atoms with Crippen LogP contribution in [0.4, 0.5) is 5.69 Å². The zero-order chi connectivity index (χ0) is 14.6. The van der Waals surface area contributed by atoms with E-state index in [-0.39, 0.29) is 5.91 Å². The van der Waals surface area contributed by atoms with Crippen molar-refractivity contribution in [3.05, 3.63) is 29.3 Å². The van der Waals surface area contributed by atoms with Gasteiger partial charge in [0.25, 0.3) is 5.91 Å². The Morgan fingerprint density at radius 3 is 2.75 bits per heavy atom. The number of aryl methyl sites for hydroxylation is 1. The van der Waals surface area contributed by atoms with Gasteiger partial charge in [0.1, 0.15) is 0 Å². The van der Waals surface area contributed by atoms with Crippen LogP contribution < -0.4 is 10.6 Å². The summed E-state index contributed by atoms with van der Waals surface area (Å²) in [5.74, 6) is 0.0314. The van der Waals surface area contributed by atoms with Crippen molar-refractivity contribution in [3.8, 4) is 0 Å². The monoisotopic (exact) mass is 292 g/mol. The van der Waals surface area contributed by atoms with E-state index in [2.05, 4.69) is 23.8 Å². The zero-order valence-electron chi connectivity index (χ0n) is 12.6. The number of hydrogen-bond acceptors (Lipinski definition) is 3. The Kier molecular flexibility index (Phi) is 4.97. The van der Waals surface area contributed by atoms with Crippen LogP contribution in [-0.2, 0) is 0 Å². The molecule has 2 N–H and O–H groups in total. The summed E-state index contributed by atoms with van der Waals surface area (Å²) in [6.07, 6.45) is 5.59. The smallest absolute Gasteiger partial charge is 0.253 e. The summed E-state index contributed by atoms with van der Waals surface area (Å²) in [6, 6.07) is 5.96. The molecule has 110 valence electrons. The van der Waals surface area contributed by atoms with Crippen molar-refractivity contribution in [1.29, 1.82) is 0 Å². The third kappa shape index (κ3) is 3.69. The van der Waals surface area contributed by atoms with E-state index in [9.17, 15) is 4.79 Å². The highest BCUT2D eigenvalue weighted by atomic mass is 32.2. The fraction of sp³-hybridized carbons (Fsp3) is 0.562. The molecule has 0 spiro atoms. The fourth-order valence-electron chi connectivity index (χ4n) is 2.19. The summed E-state index contributed by atoms with van der Waals surface area (Å²) >= 11 is 1.87. The Morgan fingerprint density at radius 1 is 1.40 bits per heavy atom. The highest BCUT2D eigenvalue weighted by Crippen LogP contribution is 2.46. The average Bonchev–Trinajstić information content (AvgIpc) is 3.23. The molecule has 1 aliphatic carbocycles. The van der Waals surface area contributed by atoms with Gasteiger partial charge in [0.15, 0.2) is 0 Å². The van der Waals surface area contributed by atoms with Crippen LogP contribution in [-0.4, -0.2) is 30.0 Å². The summed E-state index contributed by atoms with van der Waals surface area (Å²) in [4.78, 5) is 12.4. The van der Waals surface area contributed by atoms with E-state index in [1.54, 1.807) is 0 Å². The summed E-state index contributed by atoms with van der Waals surface area (Å²) < 4.78 is 0.303. The van der Waals surface area contributed by atoms with E-state index in [4.69, 9.17) is 0 Å². The molecule has 4 heteroatoms. The molecule has 1 amide bonds. The quantitative estimate of drug-likeness (QED) is 0.809. The van der Waals surface area contributed by atoms with E-state index in [1.165, 1.54) is 18.4 Å². The molecule has 0 bridgehead atoms. The van der Waals surface area contributed by atoms with Crippen molar-refractivity contribution >= 4 is 23.4 Å². The molecule has 0 heterocycles. The predicted octanol–water partition coefficient (Wildman–Crippen LogP) is 3.44. The standard InChI is InChI=1S/C16H24N2OS/c1-4-9-17-14-10-12(2)5-6-13(14)15(19)18-11-16(20-3)7-8-16/h5-6,10,17H,4,7-9,11H2,1-3H3,(H,18,19). The van der Waals surface area contributed by atoms with Crippen LogP contribution in [0.3, 0.4) is 0 Å². The lowest BCUT2D eigenvalue weighted by molar-refractivity contribution is 0.0954. The second-order valence-electron chi connectivity index (χ2n) is 5.55. The van der Waals surface area contributed by atoms with E-state index in [0.29, 0.717) is 4.75 Å². The molecule has 20 heavy (non-hydrogen) atoms. The van der Waals surface area contributed by atoms with Gasteiger partial charge in [-0.05, 0) is 50.1 Å². The second-order valence-corrected chi connectivity index (χ2v) is 6.82. The lowest BCUT2D eigenvalue weighted by atomic mass is 10.1. The number of anilines is 1. The molecule has 1 aliphatic rings. The van der Waals surface area contributed by atoms with Crippen LogP contribution in [0.1, 0.15) is 42.1 Å². The number of carbonyl (C=O) groups is 1. The largest absolute Gasteiger partial charge is 0.384 e. The highest BCUT2D eigenvalue weighted by molar-refractivity contribution is 8.00. The van der Waals surface area contributed by atoms with Gasteiger partial charge in [-0.25, -0.2) is 0 Å². The number of benzene rings is 1. The topological polar surface area (TPSA) is 41.1 Å². The summed E-state index contributed by atoms with van der Waals surface area (Å²) in [6.45, 7) is 5.83. The molecule has 1 aromatic carbocycles. The third-order valence-electron chi connectivity index (χ3n) is 3.80. The minimum absolute atomic E-state index is 0.0314. The average molecular weight is 292 g/mol. The lowest BCUT2D eigenvalue weighted by Gasteiger charge is -2.16. The van der Waals surface area contributed by atoms with Crippen LogP contribution in [0.15, 0.2) is 18.2 Å². The van der Waals surface area contributed by atoms with Crippen molar-refractivity contribution in [1.82, 2.24) is 5.32 Å². The maximum atomic E-state index is 12.4. The molecular formula is C16H24N2OS. The van der Waals surface area contributed by atoms with Crippen molar-refractivity contribution < 1.29 is 4.79 Å². The molecule has 0 aromatic heterocycles. The lowest BCUT2D eigenvalue weighted by Crippen LogP contribution is -2.32. The maximum Gasteiger partial charge on any atom is 0.253 e. The molecule has 0 atom stereocenters. The number of nitrogens with one attached hydrogen (secondary N) is 2. The second kappa shape index (κ2) is 6.53. The van der Waals surface area contributed by atoms with Crippen molar-refractivity contribution in [2.45, 2.75) is 37.9 Å². The minimum Gasteiger partial charge on any atom is -0.384 e. The Morgan fingerprint density at radius 2 is 2.15 bits per heavy atom. The van der Waals surface area contributed by atoms with Gasteiger partial charge in [0.05, 0.1) is 5.56 Å². The molecule has 0 radical (unpaired) electrons. The van der Waals surface area contributed by atoms with Crippen LogP contribution in [0.5, 0.6) is 0 Å². The van der Waals surface area contributed by atoms with Crippen molar-refractivity contribution in [2.75, 3.05) is 24.7 Å². The van der Waals surface area contributed by atoms with E-state index >= 15 is 0 Å². The maximum absolute atomic E-state index is 12.4. The number of hydrogen-bond donors (Lipinski definition) is 2. The Bertz CT molecular complexity index is 483. The molecular weight excluding hydrogens is 268 g/mol. The Hall–Kier alpha value is -1.16. The Balaban J connectivity index is 2.04. The molecule has 0 saturated heterocycles. The molecule has 1 saturated carbocycles. The minimum atomic E-state index is 0.0314. The van der Waals surface area contributed by atoms with Crippen LogP contribution in [0, 0.1) is 6.92 Å². The SMILES string of the molecule is CCCNc1cc(C)ccc1C(=O)NCC1(SC)CC1. The van der Waals surface area contributed by atoms with Crippen LogP contribution in [0.2, 0.25) is 0 Å². The highest BCUT2D eigenvalue weighted by Gasteiger charge is 2.42. The van der Waals surface area contributed by atoms with Gasteiger partial charge < -0.3 is 10.6 Å². The van der Waals surface area contributed by atoms with Crippen LogP contribution in [0.25, 0.3) is 0 Å². The number of thioether (sulfide) groups is 1. The van der Waals surface area contributed by atoms with Gasteiger partial charge in [-0.1, -0.05) is 13.0 Å². The summed E-state index contributed by atoms with van der Waals surface area (Å²) in [5.41, 5.74) is 2.86. The van der Waals surface area contributed by atoms with E-state index in [1.807, 2.05) is 36.9 Å². The first-order valence-corrected chi connectivity index (χ1v) is 8.50. The molecule has 3 nitrogen and oxygen atoms in total. The summed E-state index contributed by atoms with van der Waals surface area (Å²) in [7, 11) is 0. The van der Waals surface area contributed by atoms with Crippen molar-refractivity contribution in [3.63, 3.8) is 0 Å². The van der Waals surface area contributed by atoms with Gasteiger partial charge in [0, 0.05) is 23.5 Å². The fourth-order valence-corrected chi connectivity index (χ4v) is 2.92. The summed E-state index contributed by atoms with van der Waals surface area (Å²) in [5, 5.41) is 6.43. The van der Waals surface area contributed by atoms with Gasteiger partial charge in [-0.3, -0.25) is 4.79 Å². The first kappa shape index (κ1) is 15.2. The predicted molar refractivity (Wildman–Crippen MR) is 87.8 cm³/mol. The van der Waals surface area contributed by atoms with Gasteiger partial charge in [-0.2, -0.15) is 11.8 Å². The molecule has 2 rings (SSSR count).